The molecule has 0 saturated heterocycles. The predicted molar refractivity (Wildman–Crippen MR) is 62.8 cm³/mol. The first-order chi connectivity index (χ1) is 7.78. The molecule has 1 rings (SSSR count). The number of halogens is 3. The average Bonchev–Trinajstić information content (AvgIpc) is 2.17. The highest BCUT2D eigenvalue weighted by Gasteiger charge is 2.29. The number of hydrogen-bond acceptors (Lipinski definition) is 3. The van der Waals surface area contributed by atoms with Gasteiger partial charge in [-0.2, -0.15) is 13.2 Å². The fourth-order valence-corrected chi connectivity index (χ4v) is 1.57. The van der Waals surface area contributed by atoms with Crippen LogP contribution in [0.1, 0.15) is 12.5 Å². The molecule has 0 heterocycles. The summed E-state index contributed by atoms with van der Waals surface area (Å²) in [5.41, 5.74) is -2.92. The Kier molecular flexibility index (Phi) is 4.28. The lowest BCUT2D eigenvalue weighted by Crippen LogP contribution is -2.08. The molecule has 3 nitrogen and oxygen atoms in total. The molecule has 1 amide bonds. The van der Waals surface area contributed by atoms with Crippen molar-refractivity contribution in [1.82, 2.24) is 0 Å². The molecule has 0 bridgehead atoms. The minimum Gasteiger partial charge on any atom is -0.326 e. The summed E-state index contributed by atoms with van der Waals surface area (Å²) in [5, 5.41) is 2.50. The maximum absolute atomic E-state index is 12.0. The first-order valence-electron chi connectivity index (χ1n) is 4.67. The largest absolute Gasteiger partial charge is 0.461 e. The van der Waals surface area contributed by atoms with Crippen LogP contribution in [0.15, 0.2) is 18.2 Å². The molecule has 0 aromatic heterocycles. The first kappa shape index (κ1) is 13.7. The number of nitrogens with one attached hydrogen (secondary N) is 2. The molecular weight excluding hydrogens is 253 g/mol. The van der Waals surface area contributed by atoms with Gasteiger partial charge in [0.05, 0.1) is 11.9 Å². The normalized spacial score (nSPS) is 11.1. The molecule has 0 spiro atoms. The Morgan fingerprint density at radius 2 is 2.00 bits per heavy atom. The molecule has 0 radical (unpaired) electrons. The summed E-state index contributed by atoms with van der Waals surface area (Å²) in [6.07, 6.45) is 0. The highest BCUT2D eigenvalue weighted by atomic mass is 32.2. The van der Waals surface area contributed by atoms with Gasteiger partial charge in [0.1, 0.15) is 0 Å². The van der Waals surface area contributed by atoms with E-state index in [0.717, 1.165) is 0 Å². The maximum Gasteiger partial charge on any atom is 0.461 e. The smallest absolute Gasteiger partial charge is 0.326 e. The molecule has 7 heteroatoms. The van der Waals surface area contributed by atoms with Gasteiger partial charge in [-0.25, -0.2) is 0 Å². The second kappa shape index (κ2) is 5.31. The summed E-state index contributed by atoms with van der Waals surface area (Å²) in [5.74, 6) is -0.275. The highest BCUT2D eigenvalue weighted by Crippen LogP contribution is 2.32. The van der Waals surface area contributed by atoms with Crippen molar-refractivity contribution in [2.24, 2.45) is 0 Å². The minimum atomic E-state index is -4.35. The topological polar surface area (TPSA) is 41.1 Å². The monoisotopic (exact) mass is 264 g/mol. The number of anilines is 2. The van der Waals surface area contributed by atoms with E-state index in [0.29, 0.717) is 16.9 Å². The SMILES string of the molecule is CC(=O)Nc1ccc(C)c(NSC(F)(F)F)c1. The van der Waals surface area contributed by atoms with E-state index in [2.05, 4.69) is 10.0 Å². The molecule has 0 atom stereocenters. The van der Waals surface area contributed by atoms with Crippen LogP contribution in [-0.4, -0.2) is 11.4 Å². The van der Waals surface area contributed by atoms with Gasteiger partial charge in [0, 0.05) is 18.3 Å². The number of amides is 1. The van der Waals surface area contributed by atoms with Crippen LogP contribution in [0.2, 0.25) is 0 Å². The zero-order valence-electron chi connectivity index (χ0n) is 9.18. The molecule has 0 saturated carbocycles. The van der Waals surface area contributed by atoms with Gasteiger partial charge in [0.15, 0.2) is 0 Å². The van der Waals surface area contributed by atoms with Crippen LogP contribution in [0, 0.1) is 6.92 Å². The number of rotatable bonds is 3. The summed E-state index contributed by atoms with van der Waals surface area (Å²) in [6, 6.07) is 4.71. The van der Waals surface area contributed by atoms with Crippen molar-refractivity contribution in [3.05, 3.63) is 23.8 Å². The third-order valence-corrected chi connectivity index (χ3v) is 2.39. The van der Waals surface area contributed by atoms with Gasteiger partial charge in [-0.1, -0.05) is 6.07 Å². The van der Waals surface area contributed by atoms with Crippen LogP contribution in [0.4, 0.5) is 24.5 Å². The number of benzene rings is 1. The molecule has 0 aliphatic heterocycles. The minimum absolute atomic E-state index is 0.275. The zero-order valence-corrected chi connectivity index (χ0v) is 10.00. The predicted octanol–water partition coefficient (Wildman–Crippen LogP) is 3.53. The quantitative estimate of drug-likeness (QED) is 0.820. The van der Waals surface area contributed by atoms with Crippen molar-refractivity contribution in [2.75, 3.05) is 10.0 Å². The van der Waals surface area contributed by atoms with E-state index in [-0.39, 0.29) is 17.9 Å². The third-order valence-electron chi connectivity index (χ3n) is 1.83. The van der Waals surface area contributed by atoms with Crippen LogP contribution in [0.5, 0.6) is 0 Å². The zero-order chi connectivity index (χ0) is 13.1. The van der Waals surface area contributed by atoms with E-state index >= 15 is 0 Å². The molecule has 17 heavy (non-hydrogen) atoms. The summed E-state index contributed by atoms with van der Waals surface area (Å²) in [6.45, 7) is 3.01. The van der Waals surface area contributed by atoms with Crippen molar-refractivity contribution in [3.8, 4) is 0 Å². The Bertz CT molecular complexity index is 421. The van der Waals surface area contributed by atoms with Gasteiger partial charge < -0.3 is 10.0 Å². The highest BCUT2D eigenvalue weighted by molar-refractivity contribution is 8.01. The molecule has 0 unspecified atom stereocenters. The molecular formula is C10H11F3N2OS. The molecule has 2 N–H and O–H groups in total. The number of aryl methyl sites for hydroxylation is 1. The second-order valence-electron chi connectivity index (χ2n) is 3.36. The van der Waals surface area contributed by atoms with Crippen LogP contribution < -0.4 is 10.0 Å². The molecule has 94 valence electrons. The number of hydrogen-bond donors (Lipinski definition) is 2. The van der Waals surface area contributed by atoms with Gasteiger partial charge in [0.25, 0.3) is 0 Å². The third kappa shape index (κ3) is 4.99. The lowest BCUT2D eigenvalue weighted by atomic mass is 10.2. The van der Waals surface area contributed by atoms with Crippen molar-refractivity contribution in [1.29, 1.82) is 0 Å². The molecule has 0 fully saturated rings. The van der Waals surface area contributed by atoms with E-state index in [1.807, 2.05) is 0 Å². The summed E-state index contributed by atoms with van der Waals surface area (Å²) in [7, 11) is 0. The second-order valence-corrected chi connectivity index (χ2v) is 4.23. The average molecular weight is 264 g/mol. The number of carbonyl (C=O) groups excluding carboxylic acids is 1. The van der Waals surface area contributed by atoms with Crippen LogP contribution in [0.25, 0.3) is 0 Å². The Labute approximate surface area is 101 Å². The Morgan fingerprint density at radius 3 is 2.53 bits per heavy atom. The van der Waals surface area contributed by atoms with Crippen LogP contribution in [-0.2, 0) is 4.79 Å². The summed E-state index contributed by atoms with van der Waals surface area (Å²) >= 11 is -0.334. The Hall–Kier alpha value is -1.37. The van der Waals surface area contributed by atoms with Crippen molar-refractivity contribution >= 4 is 29.2 Å². The van der Waals surface area contributed by atoms with Crippen LogP contribution in [0.3, 0.4) is 0 Å². The van der Waals surface area contributed by atoms with Gasteiger partial charge in [-0.15, -0.1) is 0 Å². The van der Waals surface area contributed by atoms with Gasteiger partial charge >= 0.3 is 5.51 Å². The number of alkyl halides is 3. The summed E-state index contributed by atoms with van der Waals surface area (Å²) in [4.78, 5) is 10.8. The molecule has 0 aliphatic carbocycles. The van der Waals surface area contributed by atoms with E-state index in [1.165, 1.54) is 13.0 Å². The Balaban J connectivity index is 2.80. The van der Waals surface area contributed by atoms with Crippen molar-refractivity contribution in [3.63, 3.8) is 0 Å². The molecule has 1 aromatic carbocycles. The van der Waals surface area contributed by atoms with Crippen molar-refractivity contribution in [2.45, 2.75) is 19.4 Å². The van der Waals surface area contributed by atoms with Gasteiger partial charge in [-0.05, 0) is 24.6 Å². The first-order valence-corrected chi connectivity index (χ1v) is 5.48. The van der Waals surface area contributed by atoms with E-state index in [4.69, 9.17) is 0 Å². The fraction of sp³-hybridized carbons (Fsp3) is 0.300. The standard InChI is InChI=1S/C10H11F3N2OS/c1-6-3-4-8(14-7(2)16)5-9(6)15-17-10(11,12)13/h3-5,15H,1-2H3,(H,14,16). The van der Waals surface area contributed by atoms with Gasteiger partial charge in [-0.3, -0.25) is 4.79 Å². The van der Waals surface area contributed by atoms with E-state index < -0.39 is 5.51 Å². The van der Waals surface area contributed by atoms with Crippen molar-refractivity contribution < 1.29 is 18.0 Å². The maximum atomic E-state index is 12.0. The lowest BCUT2D eigenvalue weighted by Gasteiger charge is -2.12. The number of carbonyl (C=O) groups is 1. The fourth-order valence-electron chi connectivity index (χ4n) is 1.13. The molecule has 1 aromatic rings. The summed E-state index contributed by atoms with van der Waals surface area (Å²) < 4.78 is 38.3. The van der Waals surface area contributed by atoms with Gasteiger partial charge in [0.2, 0.25) is 5.91 Å². The lowest BCUT2D eigenvalue weighted by molar-refractivity contribution is -0.114. The Morgan fingerprint density at radius 1 is 1.35 bits per heavy atom. The van der Waals surface area contributed by atoms with Crippen LogP contribution >= 0.6 is 11.9 Å². The molecule has 0 aliphatic rings. The van der Waals surface area contributed by atoms with E-state index in [9.17, 15) is 18.0 Å². The van der Waals surface area contributed by atoms with E-state index in [1.54, 1.807) is 19.1 Å².